The Bertz CT molecular complexity index is 2920. The lowest BCUT2D eigenvalue weighted by molar-refractivity contribution is 0.620. The van der Waals surface area contributed by atoms with Crippen LogP contribution in [0.5, 0.6) is 0 Å². The molecule has 58 heavy (non-hydrogen) atoms. The zero-order chi connectivity index (χ0) is 38.7. The molecule has 0 saturated heterocycles. The van der Waals surface area contributed by atoms with E-state index in [9.17, 15) is 0 Å². The molecule has 0 amide bonds. The molecule has 0 unspecified atom stereocenters. The van der Waals surface area contributed by atoms with Gasteiger partial charge in [-0.25, -0.2) is 4.98 Å². The van der Waals surface area contributed by atoms with E-state index in [1.807, 2.05) is 24.3 Å². The first-order valence-corrected chi connectivity index (χ1v) is 19.6. The number of para-hydroxylation sites is 3. The minimum absolute atomic E-state index is 0.627. The Morgan fingerprint density at radius 1 is 0.276 bits per heavy atom. The van der Waals surface area contributed by atoms with Crippen molar-refractivity contribution in [1.29, 1.82) is 0 Å². The van der Waals surface area contributed by atoms with Crippen LogP contribution in [0.25, 0.3) is 78.2 Å². The van der Waals surface area contributed by atoms with Gasteiger partial charge in [-0.15, -0.1) is 0 Å². The van der Waals surface area contributed by atoms with Gasteiger partial charge in [0.2, 0.25) is 5.89 Å². The van der Waals surface area contributed by atoms with Crippen LogP contribution in [-0.4, -0.2) is 4.98 Å². The second-order valence-corrected chi connectivity index (χ2v) is 14.4. The van der Waals surface area contributed by atoms with E-state index < -0.39 is 0 Å². The van der Waals surface area contributed by atoms with Gasteiger partial charge < -0.3 is 9.32 Å². The summed E-state index contributed by atoms with van der Waals surface area (Å²) >= 11 is 0. The monoisotopic (exact) mass is 742 g/mol. The van der Waals surface area contributed by atoms with E-state index in [4.69, 9.17) is 9.40 Å². The Balaban J connectivity index is 0.945. The zero-order valence-electron chi connectivity index (χ0n) is 31.7. The Kier molecular flexibility index (Phi) is 9.23. The molecule has 0 aliphatic rings. The lowest BCUT2D eigenvalue weighted by Crippen LogP contribution is -2.09. The molecule has 1 heterocycles. The first kappa shape index (κ1) is 34.7. The number of fused-ring (bicyclic) bond motifs is 1. The molecular weight excluding hydrogens is 705 g/mol. The molecule has 10 aromatic rings. The van der Waals surface area contributed by atoms with Crippen LogP contribution in [0.3, 0.4) is 0 Å². The van der Waals surface area contributed by atoms with Crippen molar-refractivity contribution < 1.29 is 4.42 Å². The van der Waals surface area contributed by atoms with Crippen LogP contribution in [0.4, 0.5) is 17.1 Å². The molecule has 0 bridgehead atoms. The maximum Gasteiger partial charge on any atom is 0.227 e. The van der Waals surface area contributed by atoms with E-state index >= 15 is 0 Å². The summed E-state index contributed by atoms with van der Waals surface area (Å²) in [7, 11) is 0. The number of rotatable bonds is 9. The van der Waals surface area contributed by atoms with Gasteiger partial charge in [0.25, 0.3) is 0 Å². The summed E-state index contributed by atoms with van der Waals surface area (Å²) in [6.45, 7) is 0. The van der Waals surface area contributed by atoms with Gasteiger partial charge in [0.05, 0.1) is 0 Å². The van der Waals surface area contributed by atoms with Crippen molar-refractivity contribution in [1.82, 2.24) is 4.98 Å². The molecule has 0 fully saturated rings. The molecule has 10 rings (SSSR count). The molecule has 3 nitrogen and oxygen atoms in total. The molecule has 0 saturated carbocycles. The SMILES string of the molecule is c1ccc(-c2ccc(-c3ccc(N(c4ccccc4)c4ccc(-c5ccccc5-c5ccccc5-c5ccc(-c6nc7ccccc7o6)cc5)cc4)cc3)cc2)cc1. The normalized spacial score (nSPS) is 11.1. The quantitative estimate of drug-likeness (QED) is 0.147. The van der Waals surface area contributed by atoms with E-state index in [1.165, 1.54) is 44.5 Å². The Morgan fingerprint density at radius 3 is 1.17 bits per heavy atom. The lowest BCUT2D eigenvalue weighted by atomic mass is 9.89. The van der Waals surface area contributed by atoms with Crippen molar-refractivity contribution in [3.63, 3.8) is 0 Å². The highest BCUT2D eigenvalue weighted by atomic mass is 16.3. The van der Waals surface area contributed by atoms with Crippen LogP contribution in [-0.2, 0) is 0 Å². The maximum absolute atomic E-state index is 6.05. The van der Waals surface area contributed by atoms with Gasteiger partial charge in [0, 0.05) is 22.6 Å². The third kappa shape index (κ3) is 6.87. The second kappa shape index (κ2) is 15.4. The highest BCUT2D eigenvalue weighted by Gasteiger charge is 2.16. The van der Waals surface area contributed by atoms with Gasteiger partial charge in [0.1, 0.15) is 5.52 Å². The molecule has 0 aliphatic heterocycles. The Morgan fingerprint density at radius 2 is 0.638 bits per heavy atom. The van der Waals surface area contributed by atoms with Crippen molar-refractivity contribution in [3.8, 4) is 67.1 Å². The smallest absolute Gasteiger partial charge is 0.227 e. The van der Waals surface area contributed by atoms with Gasteiger partial charge in [-0.1, -0.05) is 170 Å². The number of aromatic nitrogens is 1. The highest BCUT2D eigenvalue weighted by Crippen LogP contribution is 2.41. The summed E-state index contributed by atoms with van der Waals surface area (Å²) in [4.78, 5) is 7.02. The molecule has 0 aliphatic carbocycles. The van der Waals surface area contributed by atoms with Crippen molar-refractivity contribution in [3.05, 3.63) is 231 Å². The topological polar surface area (TPSA) is 29.3 Å². The van der Waals surface area contributed by atoms with Crippen molar-refractivity contribution in [2.75, 3.05) is 4.90 Å². The van der Waals surface area contributed by atoms with E-state index in [2.05, 4.69) is 211 Å². The third-order valence-corrected chi connectivity index (χ3v) is 10.8. The minimum atomic E-state index is 0.627. The summed E-state index contributed by atoms with van der Waals surface area (Å²) in [5.74, 6) is 0.627. The molecule has 0 atom stereocenters. The van der Waals surface area contributed by atoms with Crippen molar-refractivity contribution in [2.45, 2.75) is 0 Å². The van der Waals surface area contributed by atoms with Crippen LogP contribution in [0.1, 0.15) is 0 Å². The summed E-state index contributed by atoms with van der Waals surface area (Å²) in [6.07, 6.45) is 0. The Labute approximate surface area is 338 Å². The summed E-state index contributed by atoms with van der Waals surface area (Å²) in [6, 6.07) is 81.4. The zero-order valence-corrected chi connectivity index (χ0v) is 31.7. The molecule has 0 radical (unpaired) electrons. The number of nitrogens with zero attached hydrogens (tertiary/aromatic N) is 2. The average Bonchev–Trinajstić information content (AvgIpc) is 3.75. The number of oxazole rings is 1. The fraction of sp³-hybridized carbons (Fsp3) is 0. The number of hydrogen-bond acceptors (Lipinski definition) is 3. The van der Waals surface area contributed by atoms with Gasteiger partial charge in [-0.05, 0) is 116 Å². The van der Waals surface area contributed by atoms with Crippen LogP contribution in [0, 0.1) is 0 Å². The fourth-order valence-electron chi connectivity index (χ4n) is 7.83. The molecule has 0 N–H and O–H groups in total. The average molecular weight is 743 g/mol. The van der Waals surface area contributed by atoms with Crippen LogP contribution < -0.4 is 4.90 Å². The van der Waals surface area contributed by atoms with Crippen LogP contribution in [0.2, 0.25) is 0 Å². The molecule has 0 spiro atoms. The molecule has 1 aromatic heterocycles. The molecule has 274 valence electrons. The van der Waals surface area contributed by atoms with E-state index in [-0.39, 0.29) is 0 Å². The van der Waals surface area contributed by atoms with E-state index in [1.54, 1.807) is 0 Å². The van der Waals surface area contributed by atoms with Crippen molar-refractivity contribution in [2.24, 2.45) is 0 Å². The predicted octanol–water partition coefficient (Wildman–Crippen LogP) is 15.3. The van der Waals surface area contributed by atoms with Gasteiger partial charge in [0.15, 0.2) is 5.58 Å². The number of hydrogen-bond donors (Lipinski definition) is 0. The largest absolute Gasteiger partial charge is 0.436 e. The Hall–Kier alpha value is -7.75. The first-order chi connectivity index (χ1) is 28.7. The number of benzene rings is 9. The molecule has 3 heteroatoms. The molecular formula is C55H38N2O. The number of anilines is 3. The van der Waals surface area contributed by atoms with Gasteiger partial charge in [-0.3, -0.25) is 0 Å². The van der Waals surface area contributed by atoms with E-state index in [0.717, 1.165) is 44.9 Å². The van der Waals surface area contributed by atoms with Crippen molar-refractivity contribution >= 4 is 28.2 Å². The molecule has 9 aromatic carbocycles. The summed E-state index contributed by atoms with van der Waals surface area (Å²) in [5, 5.41) is 0. The minimum Gasteiger partial charge on any atom is -0.436 e. The summed E-state index contributed by atoms with van der Waals surface area (Å²) < 4.78 is 6.05. The van der Waals surface area contributed by atoms with Crippen LogP contribution in [0.15, 0.2) is 235 Å². The van der Waals surface area contributed by atoms with Gasteiger partial charge in [-0.2, -0.15) is 0 Å². The standard InChI is InChI=1S/C55H38N2O/c1-3-13-39(14-4-1)40-23-25-41(26-24-40)42-31-35-47(36-32-42)57(46-15-5-2-6-16-46)48-37-33-44(34-38-48)50-18-8-10-20-52(50)51-19-9-7-17-49(51)43-27-29-45(30-28-43)55-56-53-21-11-12-22-54(53)58-55/h1-38H. The first-order valence-electron chi connectivity index (χ1n) is 19.6. The summed E-state index contributed by atoms with van der Waals surface area (Å²) in [5.41, 5.74) is 17.7. The lowest BCUT2D eigenvalue weighted by Gasteiger charge is -2.26. The highest BCUT2D eigenvalue weighted by molar-refractivity contribution is 5.92. The maximum atomic E-state index is 6.05. The van der Waals surface area contributed by atoms with E-state index in [0.29, 0.717) is 5.89 Å². The third-order valence-electron chi connectivity index (χ3n) is 10.8. The van der Waals surface area contributed by atoms with Gasteiger partial charge >= 0.3 is 0 Å². The fourth-order valence-corrected chi connectivity index (χ4v) is 7.83. The second-order valence-electron chi connectivity index (χ2n) is 14.4. The van der Waals surface area contributed by atoms with Crippen LogP contribution >= 0.6 is 0 Å². The predicted molar refractivity (Wildman–Crippen MR) is 241 cm³/mol.